The van der Waals surface area contributed by atoms with Crippen LogP contribution in [-0.2, 0) is 30.7 Å². The van der Waals surface area contributed by atoms with Crippen molar-refractivity contribution in [1.82, 2.24) is 49.3 Å². The van der Waals surface area contributed by atoms with Crippen LogP contribution in [0.25, 0.3) is 6.20 Å². The van der Waals surface area contributed by atoms with E-state index in [2.05, 4.69) is 160 Å². The summed E-state index contributed by atoms with van der Waals surface area (Å²) in [6.45, 7) is 33.0. The number of ether oxygens (including phenoxy) is 5. The highest BCUT2D eigenvalue weighted by Gasteiger charge is 2.50. The largest absolute Gasteiger partial charge is 0.388 e. The molecule has 113 heavy (non-hydrogen) atoms. The summed E-state index contributed by atoms with van der Waals surface area (Å²) in [6.07, 6.45) is 27.1. The maximum absolute atomic E-state index is 12.2. The molecule has 9 aliphatic heterocycles. The second-order valence-electron chi connectivity index (χ2n) is 33.6. The average molecular weight is 1680 g/mol. The summed E-state index contributed by atoms with van der Waals surface area (Å²) in [5.41, 5.74) is 1.35. The number of rotatable bonds is 20. The Bertz CT molecular complexity index is 4330. The van der Waals surface area contributed by atoms with E-state index in [0.717, 1.165) is 57.6 Å². The van der Waals surface area contributed by atoms with Gasteiger partial charge in [-0.3, -0.25) is 24.5 Å². The first-order chi connectivity index (χ1) is 52.3. The Morgan fingerprint density at radius 1 is 0.496 bits per heavy atom. The molecule has 0 aromatic carbocycles. The normalized spacial score (nSPS) is 31.8. The smallest absolute Gasteiger partial charge is 0.331 e. The molecule has 5 fully saturated rings. The third-order valence-corrected chi connectivity index (χ3v) is 27.4. The van der Waals surface area contributed by atoms with Crippen molar-refractivity contribution in [3.05, 3.63) is 137 Å². The van der Waals surface area contributed by atoms with Crippen LogP contribution in [0.4, 0.5) is 0 Å². The van der Waals surface area contributed by atoms with Crippen molar-refractivity contribution in [2.24, 2.45) is 27.0 Å². The Morgan fingerprint density at radius 3 is 1.14 bits per heavy atom. The van der Waals surface area contributed by atoms with Crippen molar-refractivity contribution in [3.8, 4) is 0 Å². The topological polar surface area (TPSA) is 405 Å². The van der Waals surface area contributed by atoms with Crippen molar-refractivity contribution in [2.75, 3.05) is 126 Å². The van der Waals surface area contributed by atoms with E-state index in [1.54, 1.807) is 64.4 Å². The standard InChI is InChI=1S/C17H26N3O3P.C16H28N3O3P.2C15H26N3O3P.C14H24N3O4P/c1-10-8-12-9-20(11(2)19-16(12)18-10)17-15(22)14(21)13(23-17)6-7-24(3,4)5;1-11-17-13(18(2)3)7-9-19(11)16-15(21)14(20)12(22-16)8-10-23(4,5)6;2*1-10-17-12(16-2)6-8-18(10)15-14(20)13(19)11(21-15)7-9-22(3,4)5;1-16-10(15)5-7-17(14(16)20)13-12(19)11(18)9(21-13)6-8-22(2,3)4/h8-9,13-15,17,21-22H,2-3,6-7H2,1,4-5H3,(H,18,19);7,9,12,14-16,20-21H,1,4,8,10H2,2-3,5-6H3;2*6,8,11,13-15,19-20H,1,3,7,9H2,2,4-5H3,(H,16,17);5,7,9,11-13,15,18-19H,2,6,8H2,1,3-4H3/t13-,14-,15-,17-;12-,14-,15-,16-;2*11-,13-,14-,15-;9-,11-,12-,13-/m11111/s1. The van der Waals surface area contributed by atoms with Gasteiger partial charge in [-0.25, -0.2) is 14.8 Å². The minimum absolute atomic E-state index is 0.0643. The van der Waals surface area contributed by atoms with E-state index in [0.29, 0.717) is 67.1 Å². The van der Waals surface area contributed by atoms with E-state index in [4.69, 9.17) is 29.1 Å². The molecular weight excluding hydrogens is 1550 g/mol. The van der Waals surface area contributed by atoms with Crippen molar-refractivity contribution in [3.63, 3.8) is 0 Å². The van der Waals surface area contributed by atoms with E-state index in [1.165, 1.54) is 23.9 Å². The summed E-state index contributed by atoms with van der Waals surface area (Å²) in [5.74, 6) is 4.24. The van der Waals surface area contributed by atoms with E-state index in [1.807, 2.05) is 44.3 Å². The third kappa shape index (κ3) is 25.7. The van der Waals surface area contributed by atoms with Gasteiger partial charge in [0.2, 0.25) is 0 Å². The first kappa shape index (κ1) is 94.5. The van der Waals surface area contributed by atoms with Crippen LogP contribution in [0.15, 0.2) is 130 Å². The van der Waals surface area contributed by atoms with Gasteiger partial charge in [0.15, 0.2) is 31.1 Å². The summed E-state index contributed by atoms with van der Waals surface area (Å²) >= 11 is 0. The molecule has 0 radical (unpaired) electrons. The number of hydrogen-bond acceptors (Lipinski definition) is 26. The Balaban J connectivity index is 0.000000196. The lowest BCUT2D eigenvalue weighted by molar-refractivity contribution is -0.0591. The van der Waals surface area contributed by atoms with Crippen LogP contribution < -0.4 is 32.5 Å². The number of aromatic nitrogens is 3. The van der Waals surface area contributed by atoms with Gasteiger partial charge in [-0.15, -0.1) is 65.9 Å². The Morgan fingerprint density at radius 2 is 0.814 bits per heavy atom. The number of amidine groups is 3. The number of H-pyrrole nitrogens is 1. The lowest BCUT2D eigenvalue weighted by atomic mass is 10.1. The number of aryl methyl sites for hydroxylation is 1. The quantitative estimate of drug-likeness (QED) is 0.0825. The van der Waals surface area contributed by atoms with Gasteiger partial charge in [0.25, 0.3) is 0 Å². The SMILES string of the molecule is C=C1N=C(N(C)C)C=CN1[C@@H]1O[C@H](CCP(=C)(C)C)[C@@H](O)[C@H]1O.C=C1N=c2[nH]c(C)cc2=CN1[C@@H]1O[C@H](CCP(=C)(C)C)[C@@H](O)[C@H]1O.C=C1NC(=NC)C=CN1[C@@H]1O[C@H](CCP(=C)(C)C)[C@@H](O)[C@H]1O.C=C1NC(=NC)C=CN1[C@@H]1O[C@H](CCP(=C)(C)C)[C@@H](O)[C@H]1O.C=P(C)(C)CC[C@H]1O[C@@H](n2ccc(=N)n(C)c2=O)[C@H](O)[C@@H]1O. The van der Waals surface area contributed by atoms with Gasteiger partial charge >= 0.3 is 5.69 Å². The molecule has 0 spiro atoms. The van der Waals surface area contributed by atoms with Crippen molar-refractivity contribution in [2.45, 2.75) is 162 Å². The molecule has 0 saturated carbocycles. The number of aliphatic hydroxyl groups is 10. The van der Waals surface area contributed by atoms with Gasteiger partial charge < -0.3 is 115 Å². The van der Waals surface area contributed by atoms with Crippen LogP contribution >= 0.6 is 34.4 Å². The molecule has 0 amide bonds. The molecule has 11 heterocycles. The zero-order valence-electron chi connectivity index (χ0n) is 68.8. The van der Waals surface area contributed by atoms with E-state index >= 15 is 0 Å². The molecule has 20 atom stereocenters. The lowest BCUT2D eigenvalue weighted by Crippen LogP contribution is -2.46. The van der Waals surface area contributed by atoms with Gasteiger partial charge in [-0.05, 0) is 167 Å². The summed E-state index contributed by atoms with van der Waals surface area (Å²) in [7, 11) is 8.64. The molecule has 9 aliphatic rings. The minimum Gasteiger partial charge on any atom is -0.388 e. The van der Waals surface area contributed by atoms with Crippen LogP contribution in [0.1, 0.15) is 44.0 Å². The molecular formula is C77H130N15O16P5. The molecule has 11 rings (SSSR count). The highest BCUT2D eigenvalue weighted by molar-refractivity contribution is 7.73. The van der Waals surface area contributed by atoms with Gasteiger partial charge in [-0.2, -0.15) is 0 Å². The monoisotopic (exact) mass is 1680 g/mol. The summed E-state index contributed by atoms with van der Waals surface area (Å²) in [6, 6.07) is 3.42. The lowest BCUT2D eigenvalue weighted by Gasteiger charge is -2.33. The van der Waals surface area contributed by atoms with Gasteiger partial charge in [0, 0.05) is 77.1 Å². The summed E-state index contributed by atoms with van der Waals surface area (Å²) < 4.78 is 31.7. The number of nitrogens with zero attached hydrogens (tertiary/aromatic N) is 11. The van der Waals surface area contributed by atoms with Crippen LogP contribution in [-0.4, -0.2) is 381 Å². The second kappa shape index (κ2) is 39.3. The molecule has 0 unspecified atom stereocenters. The Kier molecular flexibility index (Phi) is 32.8. The molecule has 2 aromatic heterocycles. The molecule has 14 N–H and O–H groups in total. The number of aromatic amines is 1. The number of likely N-dealkylation sites (N-methyl/N-ethyl adjacent to an activating group) is 1. The number of aliphatic hydroxyl groups excluding tert-OH is 10. The number of fused-ring (bicyclic) bond motifs is 1. The predicted octanol–water partition coefficient (Wildman–Crippen LogP) is 1.09. The van der Waals surface area contributed by atoms with E-state index < -0.39 is 151 Å². The summed E-state index contributed by atoms with van der Waals surface area (Å²) in [4.78, 5) is 40.9. The average Bonchev–Trinajstić information content (AvgIpc) is 1.66. The predicted molar refractivity (Wildman–Crippen MR) is 467 cm³/mol. The Hall–Kier alpha value is -5.68. The fraction of sp³-hybridized carbons (Fsp3) is 0.597. The van der Waals surface area contributed by atoms with Crippen LogP contribution in [0, 0.1) is 12.3 Å². The van der Waals surface area contributed by atoms with Crippen molar-refractivity contribution >= 4 is 89.6 Å². The van der Waals surface area contributed by atoms with Crippen molar-refractivity contribution in [1.29, 1.82) is 5.41 Å². The molecule has 2 aromatic rings. The van der Waals surface area contributed by atoms with Gasteiger partial charge in [0.05, 0.1) is 30.5 Å². The molecule has 36 heteroatoms. The molecule has 0 bridgehead atoms. The summed E-state index contributed by atoms with van der Waals surface area (Å²) in [5, 5.41) is 117. The fourth-order valence-electron chi connectivity index (χ4n) is 13.3. The van der Waals surface area contributed by atoms with Crippen LogP contribution in [0.3, 0.4) is 0 Å². The van der Waals surface area contributed by atoms with E-state index in [9.17, 15) is 55.9 Å². The molecule has 0 aliphatic carbocycles. The minimum atomic E-state index is -1.25. The molecule has 5 saturated heterocycles. The molecule has 634 valence electrons. The molecule has 31 nitrogen and oxygen atoms in total. The first-order valence-corrected chi connectivity index (χ1v) is 52.8. The Labute approximate surface area is 667 Å². The van der Waals surface area contributed by atoms with Gasteiger partial charge in [0.1, 0.15) is 113 Å². The second-order valence-corrected chi connectivity index (χ2v) is 55.1. The first-order valence-electron chi connectivity index (χ1n) is 37.5. The highest BCUT2D eigenvalue weighted by atomic mass is 31.2. The number of hydrogen-bond donors (Lipinski definition) is 14. The van der Waals surface area contributed by atoms with Gasteiger partial charge in [-0.1, -0.05) is 26.3 Å². The zero-order valence-corrected chi connectivity index (χ0v) is 73.3. The van der Waals surface area contributed by atoms with E-state index in [-0.39, 0.29) is 17.7 Å². The van der Waals surface area contributed by atoms with Crippen LogP contribution in [0.2, 0.25) is 0 Å². The van der Waals surface area contributed by atoms with Crippen molar-refractivity contribution < 1.29 is 74.7 Å². The maximum Gasteiger partial charge on any atom is 0.331 e. The number of nitrogens with one attached hydrogen (secondary N) is 4. The zero-order chi connectivity index (χ0) is 84.6. The fourth-order valence-corrected chi connectivity index (χ4v) is 18.0. The highest BCUT2D eigenvalue weighted by Crippen LogP contribution is 2.44. The third-order valence-electron chi connectivity index (χ3n) is 20.0. The number of aliphatic imine (C=N–C) groups is 3. The maximum atomic E-state index is 12.2. The van der Waals surface area contributed by atoms with Crippen LogP contribution in [0.5, 0.6) is 0 Å².